The van der Waals surface area contributed by atoms with Crippen LogP contribution in [0, 0.1) is 12.7 Å². The van der Waals surface area contributed by atoms with Gasteiger partial charge in [0.05, 0.1) is 36.6 Å². The molecule has 35 heavy (non-hydrogen) atoms. The Morgan fingerprint density at radius 1 is 1.49 bits per heavy atom. The van der Waals surface area contributed by atoms with Crippen molar-refractivity contribution in [3.8, 4) is 5.75 Å². The third kappa shape index (κ3) is 4.40. The maximum absolute atomic E-state index is 15.3. The number of nitrogens with two attached hydrogens (primary N) is 1. The molecule has 3 aromatic rings. The number of fused-ring (bicyclic) bond motifs is 1. The predicted octanol–water partition coefficient (Wildman–Crippen LogP) is 1.95. The maximum atomic E-state index is 15.3. The molecule has 12 heteroatoms. The van der Waals surface area contributed by atoms with Crippen molar-refractivity contribution in [3.63, 3.8) is 0 Å². The number of amides is 1. The summed E-state index contributed by atoms with van der Waals surface area (Å²) in [7, 11) is 0. The zero-order valence-corrected chi connectivity index (χ0v) is 20.5. The lowest BCUT2D eigenvalue weighted by Crippen LogP contribution is -2.57. The number of nitrogens with zero attached hydrogens (tertiary/aromatic N) is 3. The Morgan fingerprint density at radius 2 is 2.17 bits per heavy atom. The molecule has 10 nitrogen and oxygen atoms in total. The highest BCUT2D eigenvalue weighted by atomic mass is 35.5. The van der Waals surface area contributed by atoms with E-state index in [9.17, 15) is 15.0 Å². The minimum atomic E-state index is -1.90. The molecule has 0 aliphatic carbocycles. The van der Waals surface area contributed by atoms with Gasteiger partial charge in [0, 0.05) is 18.0 Å². The lowest BCUT2D eigenvalue weighted by molar-refractivity contribution is -0.173. The van der Waals surface area contributed by atoms with Gasteiger partial charge in [-0.15, -0.1) is 0 Å². The van der Waals surface area contributed by atoms with Gasteiger partial charge in [0.2, 0.25) is 0 Å². The van der Waals surface area contributed by atoms with E-state index in [2.05, 4.69) is 15.3 Å². The molecule has 0 saturated carbocycles. The molecule has 3 heterocycles. The predicted molar refractivity (Wildman–Crippen MR) is 126 cm³/mol. The molecule has 4 rings (SSSR count). The van der Waals surface area contributed by atoms with Crippen LogP contribution in [0.3, 0.4) is 0 Å². The van der Waals surface area contributed by atoms with Crippen LogP contribution in [0.5, 0.6) is 5.75 Å². The van der Waals surface area contributed by atoms with Crippen LogP contribution in [-0.2, 0) is 10.3 Å². The van der Waals surface area contributed by atoms with E-state index in [0.717, 1.165) is 0 Å². The van der Waals surface area contributed by atoms with Crippen molar-refractivity contribution in [1.29, 1.82) is 0 Å². The first-order valence-corrected chi connectivity index (χ1v) is 11.3. The van der Waals surface area contributed by atoms with Gasteiger partial charge in [0.15, 0.2) is 5.82 Å². The number of nitrogen functional groups attached to an aromatic ring is 1. The van der Waals surface area contributed by atoms with E-state index in [1.54, 1.807) is 31.4 Å². The Hall–Kier alpha value is -2.99. The summed E-state index contributed by atoms with van der Waals surface area (Å²) in [5.41, 5.74) is 3.41. The molecule has 0 spiro atoms. The van der Waals surface area contributed by atoms with Crippen molar-refractivity contribution in [2.24, 2.45) is 0 Å². The molecular weight excluding hydrogens is 481 g/mol. The number of imidazole rings is 1. The molecule has 1 amide bonds. The number of carbonyl (C=O) groups excluding carboxylic acids is 1. The van der Waals surface area contributed by atoms with Crippen LogP contribution in [0.25, 0.3) is 5.52 Å². The minimum absolute atomic E-state index is 0.0238. The van der Waals surface area contributed by atoms with Gasteiger partial charge in [-0.2, -0.15) is 0 Å². The maximum Gasteiger partial charge on any atom is 0.258 e. The molecule has 1 aromatic carbocycles. The molecule has 188 valence electrons. The third-order valence-electron chi connectivity index (χ3n) is 5.79. The Kier molecular flexibility index (Phi) is 6.39. The zero-order chi connectivity index (χ0) is 25.7. The summed E-state index contributed by atoms with van der Waals surface area (Å²) in [6.45, 7) is 6.47. The van der Waals surface area contributed by atoms with Crippen LogP contribution in [-0.4, -0.2) is 62.0 Å². The van der Waals surface area contributed by atoms with Gasteiger partial charge in [0.25, 0.3) is 5.91 Å². The lowest BCUT2D eigenvalue weighted by Gasteiger charge is -2.36. The fourth-order valence-electron chi connectivity index (χ4n) is 4.01. The van der Waals surface area contributed by atoms with Gasteiger partial charge < -0.3 is 30.7 Å². The summed E-state index contributed by atoms with van der Waals surface area (Å²) >= 11 is 6.19. The van der Waals surface area contributed by atoms with Crippen LogP contribution in [0.1, 0.15) is 48.2 Å². The fraction of sp³-hybridized carbons (Fsp3) is 0.435. The largest absolute Gasteiger partial charge is 0.490 e. The van der Waals surface area contributed by atoms with Crippen molar-refractivity contribution >= 4 is 28.8 Å². The van der Waals surface area contributed by atoms with Crippen LogP contribution in [0.4, 0.5) is 10.2 Å². The number of carbonyl (C=O) groups is 1. The van der Waals surface area contributed by atoms with Gasteiger partial charge in [-0.05, 0) is 33.8 Å². The van der Waals surface area contributed by atoms with Crippen molar-refractivity contribution in [1.82, 2.24) is 19.7 Å². The van der Waals surface area contributed by atoms with E-state index in [1.807, 2.05) is 0 Å². The van der Waals surface area contributed by atoms with Crippen molar-refractivity contribution in [2.45, 2.75) is 45.0 Å². The fourth-order valence-corrected chi connectivity index (χ4v) is 4.21. The second-order valence-corrected chi connectivity index (χ2v) is 9.52. The zero-order valence-electron chi connectivity index (χ0n) is 19.7. The monoisotopic (exact) mass is 507 g/mol. The summed E-state index contributed by atoms with van der Waals surface area (Å²) in [6, 6.07) is 1.21. The molecule has 0 bridgehead atoms. The number of hydrogen-bond donors (Lipinski definition) is 4. The second-order valence-electron chi connectivity index (χ2n) is 9.11. The van der Waals surface area contributed by atoms with E-state index in [-0.39, 0.29) is 42.7 Å². The van der Waals surface area contributed by atoms with Crippen molar-refractivity contribution < 1.29 is 28.9 Å². The number of rotatable bonds is 7. The Morgan fingerprint density at radius 3 is 2.77 bits per heavy atom. The standard InChI is InChI=1S/C23H27ClFN5O5/c1-11(2)35-18-13(22(4,32)21-29-12(3)17-19(26)27-5-6-30(17)21)7-14(24)16(25)15(18)20(31)28-8-23(33)9-34-10-23/h5-7,11,32-33H,8-10H2,1-4H3,(H2,26,27)(H,28,31)/t22-/m0/s1. The number of benzene rings is 1. The average Bonchev–Trinajstić information content (AvgIpc) is 3.11. The number of halogens is 2. The van der Waals surface area contributed by atoms with E-state index in [0.29, 0.717) is 11.2 Å². The summed E-state index contributed by atoms with van der Waals surface area (Å²) in [6.07, 6.45) is 2.55. The van der Waals surface area contributed by atoms with Crippen LogP contribution in [0.2, 0.25) is 5.02 Å². The number of aromatic nitrogens is 3. The number of hydrogen-bond acceptors (Lipinski definition) is 8. The third-order valence-corrected chi connectivity index (χ3v) is 6.06. The molecule has 2 aromatic heterocycles. The number of anilines is 1. The molecule has 1 atom stereocenters. The Balaban J connectivity index is 1.88. The van der Waals surface area contributed by atoms with Gasteiger partial charge in [-0.3, -0.25) is 9.20 Å². The van der Waals surface area contributed by atoms with Crippen LogP contribution in [0.15, 0.2) is 18.5 Å². The smallest absolute Gasteiger partial charge is 0.258 e. The lowest BCUT2D eigenvalue weighted by atomic mass is 9.91. The second kappa shape index (κ2) is 8.90. The molecule has 1 saturated heterocycles. The van der Waals surface area contributed by atoms with Crippen molar-refractivity contribution in [2.75, 3.05) is 25.5 Å². The van der Waals surface area contributed by atoms with Gasteiger partial charge in [-0.25, -0.2) is 14.4 Å². The molecule has 1 aliphatic rings. The number of aliphatic hydroxyl groups is 2. The highest BCUT2D eigenvalue weighted by molar-refractivity contribution is 6.31. The molecule has 0 unspecified atom stereocenters. The SMILES string of the molecule is Cc1nc([C@@](C)(O)c2cc(Cl)c(F)c(C(=O)NCC3(O)COC3)c2OC(C)C)n2ccnc(N)c12. The first kappa shape index (κ1) is 25.1. The molecule has 1 fully saturated rings. The van der Waals surface area contributed by atoms with Gasteiger partial charge in [-0.1, -0.05) is 11.6 Å². The van der Waals surface area contributed by atoms with E-state index < -0.39 is 39.6 Å². The van der Waals surface area contributed by atoms with Crippen LogP contribution < -0.4 is 15.8 Å². The minimum Gasteiger partial charge on any atom is -0.490 e. The Bertz CT molecular complexity index is 1310. The van der Waals surface area contributed by atoms with E-state index in [4.69, 9.17) is 26.8 Å². The molecule has 0 radical (unpaired) electrons. The van der Waals surface area contributed by atoms with Crippen LogP contribution >= 0.6 is 11.6 Å². The normalized spacial score (nSPS) is 16.7. The van der Waals surface area contributed by atoms with E-state index >= 15 is 4.39 Å². The van der Waals surface area contributed by atoms with Gasteiger partial charge >= 0.3 is 0 Å². The summed E-state index contributed by atoms with van der Waals surface area (Å²) in [5.74, 6) is -1.72. The summed E-state index contributed by atoms with van der Waals surface area (Å²) in [5, 5.41) is 24.1. The summed E-state index contributed by atoms with van der Waals surface area (Å²) in [4.78, 5) is 21.7. The van der Waals surface area contributed by atoms with Crippen molar-refractivity contribution in [3.05, 3.63) is 51.9 Å². The number of nitrogens with one attached hydrogen (secondary N) is 1. The quantitative estimate of drug-likeness (QED) is 0.380. The summed E-state index contributed by atoms with van der Waals surface area (Å²) < 4.78 is 27.7. The topological polar surface area (TPSA) is 144 Å². The Labute approximate surface area is 205 Å². The highest BCUT2D eigenvalue weighted by Gasteiger charge is 2.40. The van der Waals surface area contributed by atoms with E-state index in [1.165, 1.54) is 19.2 Å². The first-order chi connectivity index (χ1) is 16.4. The highest BCUT2D eigenvalue weighted by Crippen LogP contribution is 2.42. The first-order valence-electron chi connectivity index (χ1n) is 10.9. The number of aryl methyl sites for hydroxylation is 1. The molecular formula is C23H27ClFN5O5. The number of ether oxygens (including phenoxy) is 2. The molecule has 5 N–H and O–H groups in total. The van der Waals surface area contributed by atoms with Gasteiger partial charge in [0.1, 0.15) is 39.7 Å². The average molecular weight is 508 g/mol. The molecule has 1 aliphatic heterocycles.